The van der Waals surface area contributed by atoms with Crippen molar-refractivity contribution in [1.29, 1.82) is 0 Å². The van der Waals surface area contributed by atoms with Gasteiger partial charge in [-0.3, -0.25) is 14.6 Å². The predicted molar refractivity (Wildman–Crippen MR) is 131 cm³/mol. The lowest BCUT2D eigenvalue weighted by Gasteiger charge is -2.33. The fourth-order valence-electron chi connectivity index (χ4n) is 3.82. The van der Waals surface area contributed by atoms with Crippen LogP contribution in [-0.4, -0.2) is 59.3 Å². The van der Waals surface area contributed by atoms with Crippen LogP contribution in [0, 0.1) is 12.8 Å². The van der Waals surface area contributed by atoms with Crippen molar-refractivity contribution in [1.82, 2.24) is 24.9 Å². The largest absolute Gasteiger partial charge is 0.356 e. The smallest absolute Gasteiger partial charge is 0.193 e. The summed E-state index contributed by atoms with van der Waals surface area (Å²) in [5, 5.41) is 7.81. The molecule has 1 aliphatic heterocycles. The van der Waals surface area contributed by atoms with Gasteiger partial charge in [-0.15, -0.1) is 24.0 Å². The standard InChI is InChI=1S/C22H34N6.HI/c1-18-5-7-20(8-6-18)17-28-11-9-19(10-12-28)13-24-22(23-2)26(3)15-21-14-25-27(4)16-21;/h5-8,14,16,19H,9-13,15,17H2,1-4H3,(H,23,24);1H. The SMILES string of the molecule is CN=C(NCC1CCN(Cc2ccc(C)cc2)CC1)N(C)Cc1cnn(C)c1.I. The quantitative estimate of drug-likeness (QED) is 0.368. The highest BCUT2D eigenvalue weighted by Gasteiger charge is 2.20. The van der Waals surface area contributed by atoms with E-state index in [4.69, 9.17) is 0 Å². The van der Waals surface area contributed by atoms with Crippen molar-refractivity contribution in [2.45, 2.75) is 32.9 Å². The minimum Gasteiger partial charge on any atom is -0.356 e. The Morgan fingerprint density at radius 3 is 2.48 bits per heavy atom. The maximum atomic E-state index is 4.45. The molecule has 0 spiro atoms. The van der Waals surface area contributed by atoms with Gasteiger partial charge in [0.15, 0.2) is 5.96 Å². The van der Waals surface area contributed by atoms with Gasteiger partial charge in [0, 0.05) is 52.5 Å². The molecule has 3 rings (SSSR count). The molecule has 1 N–H and O–H groups in total. The van der Waals surface area contributed by atoms with Gasteiger partial charge in [-0.1, -0.05) is 29.8 Å². The third-order valence-corrected chi connectivity index (χ3v) is 5.53. The first-order valence-electron chi connectivity index (χ1n) is 10.2. The number of hydrogen-bond acceptors (Lipinski definition) is 3. The second-order valence-electron chi connectivity index (χ2n) is 8.01. The summed E-state index contributed by atoms with van der Waals surface area (Å²) < 4.78 is 1.84. The van der Waals surface area contributed by atoms with Crippen molar-refractivity contribution >= 4 is 29.9 Å². The maximum absolute atomic E-state index is 4.45. The van der Waals surface area contributed by atoms with Gasteiger partial charge in [-0.2, -0.15) is 5.10 Å². The zero-order valence-corrected chi connectivity index (χ0v) is 20.5. The van der Waals surface area contributed by atoms with Crippen molar-refractivity contribution in [2.24, 2.45) is 18.0 Å². The van der Waals surface area contributed by atoms with Crippen LogP contribution in [0.5, 0.6) is 0 Å². The van der Waals surface area contributed by atoms with Crippen molar-refractivity contribution in [2.75, 3.05) is 33.7 Å². The summed E-state index contributed by atoms with van der Waals surface area (Å²) >= 11 is 0. The van der Waals surface area contributed by atoms with Crippen LogP contribution in [0.2, 0.25) is 0 Å². The first-order chi connectivity index (χ1) is 13.5. The second kappa shape index (κ2) is 11.5. The highest BCUT2D eigenvalue weighted by molar-refractivity contribution is 14.0. The number of nitrogens with one attached hydrogen (secondary N) is 1. The molecule has 0 bridgehead atoms. The van der Waals surface area contributed by atoms with Crippen LogP contribution >= 0.6 is 24.0 Å². The van der Waals surface area contributed by atoms with Crippen LogP contribution < -0.4 is 5.32 Å². The summed E-state index contributed by atoms with van der Waals surface area (Å²) in [5.41, 5.74) is 3.94. The molecule has 1 saturated heterocycles. The number of nitrogens with zero attached hydrogens (tertiary/aromatic N) is 5. The van der Waals surface area contributed by atoms with E-state index >= 15 is 0 Å². The Labute approximate surface area is 192 Å². The molecule has 0 saturated carbocycles. The van der Waals surface area contributed by atoms with Gasteiger partial charge in [0.1, 0.15) is 0 Å². The lowest BCUT2D eigenvalue weighted by molar-refractivity contribution is 0.177. The second-order valence-corrected chi connectivity index (χ2v) is 8.01. The molecule has 0 amide bonds. The summed E-state index contributed by atoms with van der Waals surface area (Å²) in [6.07, 6.45) is 6.44. The van der Waals surface area contributed by atoms with Gasteiger partial charge in [-0.05, 0) is 44.3 Å². The summed E-state index contributed by atoms with van der Waals surface area (Å²) in [5.74, 6) is 1.66. The van der Waals surface area contributed by atoms with E-state index in [1.54, 1.807) is 0 Å². The van der Waals surface area contributed by atoms with E-state index in [-0.39, 0.29) is 24.0 Å². The summed E-state index contributed by atoms with van der Waals surface area (Å²) in [6, 6.07) is 8.93. The number of guanidine groups is 1. The molecule has 7 heteroatoms. The topological polar surface area (TPSA) is 48.7 Å². The molecular formula is C22H35IN6. The van der Waals surface area contributed by atoms with Gasteiger partial charge in [0.2, 0.25) is 0 Å². The fourth-order valence-corrected chi connectivity index (χ4v) is 3.82. The number of benzene rings is 1. The van der Waals surface area contributed by atoms with Crippen molar-refractivity contribution < 1.29 is 0 Å². The average molecular weight is 510 g/mol. The normalized spacial score (nSPS) is 15.8. The van der Waals surface area contributed by atoms with Gasteiger partial charge in [0.05, 0.1) is 6.20 Å². The highest BCUT2D eigenvalue weighted by Crippen LogP contribution is 2.19. The Hall–Kier alpha value is -1.61. The van der Waals surface area contributed by atoms with E-state index in [9.17, 15) is 0 Å². The molecular weight excluding hydrogens is 475 g/mol. The molecule has 1 aliphatic rings. The molecule has 0 aliphatic carbocycles. The molecule has 1 aromatic carbocycles. The Bertz CT molecular complexity index is 762. The van der Waals surface area contributed by atoms with Crippen molar-refractivity contribution in [3.05, 3.63) is 53.3 Å². The lowest BCUT2D eigenvalue weighted by Crippen LogP contribution is -2.43. The van der Waals surface area contributed by atoms with E-state index in [1.165, 1.54) is 42.6 Å². The minimum atomic E-state index is 0. The van der Waals surface area contributed by atoms with E-state index in [0.29, 0.717) is 5.92 Å². The molecule has 1 aromatic heterocycles. The lowest BCUT2D eigenvalue weighted by atomic mass is 9.96. The van der Waals surface area contributed by atoms with Crippen LogP contribution in [0.4, 0.5) is 0 Å². The number of aryl methyl sites for hydroxylation is 2. The number of likely N-dealkylation sites (tertiary alicyclic amines) is 1. The molecule has 0 atom stereocenters. The van der Waals surface area contributed by atoms with Crippen LogP contribution in [0.25, 0.3) is 0 Å². The first kappa shape index (κ1) is 23.7. The molecule has 1 fully saturated rings. The van der Waals surface area contributed by atoms with Crippen molar-refractivity contribution in [3.63, 3.8) is 0 Å². The Kier molecular flexibility index (Phi) is 9.42. The molecule has 0 radical (unpaired) electrons. The average Bonchev–Trinajstić information content (AvgIpc) is 3.10. The summed E-state index contributed by atoms with van der Waals surface area (Å²) in [4.78, 5) is 9.18. The third kappa shape index (κ3) is 7.29. The summed E-state index contributed by atoms with van der Waals surface area (Å²) in [6.45, 7) is 7.35. The Morgan fingerprint density at radius 2 is 1.90 bits per heavy atom. The van der Waals surface area contributed by atoms with Crippen LogP contribution in [0.3, 0.4) is 0 Å². The van der Waals surface area contributed by atoms with Crippen LogP contribution in [0.15, 0.2) is 41.7 Å². The Balaban J connectivity index is 0.00000300. The first-order valence-corrected chi connectivity index (χ1v) is 10.2. The maximum Gasteiger partial charge on any atom is 0.193 e. The van der Waals surface area contributed by atoms with Gasteiger partial charge < -0.3 is 10.2 Å². The van der Waals surface area contributed by atoms with Crippen molar-refractivity contribution in [3.8, 4) is 0 Å². The van der Waals surface area contributed by atoms with Crippen LogP contribution in [-0.2, 0) is 20.1 Å². The highest BCUT2D eigenvalue weighted by atomic mass is 127. The third-order valence-electron chi connectivity index (χ3n) is 5.53. The minimum absolute atomic E-state index is 0. The zero-order valence-electron chi connectivity index (χ0n) is 18.1. The van der Waals surface area contributed by atoms with E-state index < -0.39 is 0 Å². The molecule has 0 unspecified atom stereocenters. The van der Waals surface area contributed by atoms with Gasteiger partial charge in [-0.25, -0.2) is 0 Å². The van der Waals surface area contributed by atoms with Crippen LogP contribution in [0.1, 0.15) is 29.5 Å². The van der Waals surface area contributed by atoms with Gasteiger partial charge in [0.25, 0.3) is 0 Å². The molecule has 29 heavy (non-hydrogen) atoms. The summed E-state index contributed by atoms with van der Waals surface area (Å²) in [7, 11) is 5.88. The van der Waals surface area contributed by atoms with E-state index in [2.05, 4.69) is 63.4 Å². The monoisotopic (exact) mass is 510 g/mol. The predicted octanol–water partition coefficient (Wildman–Crippen LogP) is 3.27. The number of hydrogen-bond donors (Lipinski definition) is 1. The number of rotatable bonds is 6. The molecule has 160 valence electrons. The van der Waals surface area contributed by atoms with E-state index in [1.807, 2.05) is 31.2 Å². The molecule has 2 heterocycles. The number of halogens is 1. The number of aliphatic imine (C=N–C) groups is 1. The Morgan fingerprint density at radius 1 is 1.21 bits per heavy atom. The molecule has 6 nitrogen and oxygen atoms in total. The number of piperidine rings is 1. The number of aromatic nitrogens is 2. The zero-order chi connectivity index (χ0) is 19.9. The van der Waals surface area contributed by atoms with E-state index in [0.717, 1.165) is 25.6 Å². The van der Waals surface area contributed by atoms with Gasteiger partial charge >= 0.3 is 0 Å². The fraction of sp³-hybridized carbons (Fsp3) is 0.545. The molecule has 2 aromatic rings.